The molecule has 21 heavy (non-hydrogen) atoms. The molecule has 1 aliphatic rings. The van der Waals surface area contributed by atoms with Crippen LogP contribution < -0.4 is 0 Å². The van der Waals surface area contributed by atoms with Gasteiger partial charge in [0, 0.05) is 12.6 Å². The van der Waals surface area contributed by atoms with Crippen molar-refractivity contribution in [1.82, 2.24) is 9.55 Å². The fourth-order valence-corrected chi connectivity index (χ4v) is 3.45. The van der Waals surface area contributed by atoms with Crippen LogP contribution in [0, 0.1) is 0 Å². The molecule has 0 aliphatic carbocycles. The van der Waals surface area contributed by atoms with E-state index in [0.717, 1.165) is 36.3 Å². The van der Waals surface area contributed by atoms with Crippen molar-refractivity contribution in [3.8, 4) is 0 Å². The van der Waals surface area contributed by atoms with Crippen LogP contribution in [0.3, 0.4) is 0 Å². The van der Waals surface area contributed by atoms with E-state index >= 15 is 0 Å². The van der Waals surface area contributed by atoms with Gasteiger partial charge < -0.3 is 9.30 Å². The zero-order valence-electron chi connectivity index (χ0n) is 11.9. The van der Waals surface area contributed by atoms with E-state index in [4.69, 9.17) is 39.5 Å². The molecule has 1 aromatic carbocycles. The Hall–Kier alpha value is -0.480. The molecule has 1 aromatic heterocycles. The molecule has 3 unspecified atom stereocenters. The predicted molar refractivity (Wildman–Crippen MR) is 87.7 cm³/mol. The molecule has 3 nitrogen and oxygen atoms in total. The van der Waals surface area contributed by atoms with Crippen LogP contribution in [0.4, 0.5) is 0 Å². The number of benzene rings is 1. The predicted octanol–water partition coefficient (Wildman–Crippen LogP) is 5.38. The normalized spacial score (nSPS) is 24.4. The van der Waals surface area contributed by atoms with Crippen molar-refractivity contribution in [2.75, 3.05) is 6.61 Å². The maximum atomic E-state index is 6.33. The maximum absolute atomic E-state index is 6.33. The first-order valence-electron chi connectivity index (χ1n) is 7.10. The average Bonchev–Trinajstić information content (AvgIpc) is 2.78. The van der Waals surface area contributed by atoms with Gasteiger partial charge >= 0.3 is 0 Å². The van der Waals surface area contributed by atoms with Gasteiger partial charge in [0.15, 0.2) is 0 Å². The number of rotatable bonds is 2. The van der Waals surface area contributed by atoms with Crippen molar-refractivity contribution in [2.45, 2.75) is 44.2 Å². The molecule has 2 heterocycles. The summed E-state index contributed by atoms with van der Waals surface area (Å²) in [4.78, 5) is 4.66. The molecular weight excluding hydrogens is 331 g/mol. The van der Waals surface area contributed by atoms with Gasteiger partial charge in [-0.05, 0) is 38.8 Å². The van der Waals surface area contributed by atoms with Crippen molar-refractivity contribution in [2.24, 2.45) is 0 Å². The number of ether oxygens (including phenoxy) is 1. The number of imidazole rings is 1. The third-order valence-electron chi connectivity index (χ3n) is 3.94. The van der Waals surface area contributed by atoms with Gasteiger partial charge in [-0.25, -0.2) is 4.98 Å². The second-order valence-corrected chi connectivity index (χ2v) is 7.04. The van der Waals surface area contributed by atoms with Crippen molar-refractivity contribution in [3.63, 3.8) is 0 Å². The van der Waals surface area contributed by atoms with E-state index in [1.807, 2.05) is 13.0 Å². The summed E-state index contributed by atoms with van der Waals surface area (Å²) in [6, 6.07) is 4.02. The molecule has 2 aromatic rings. The van der Waals surface area contributed by atoms with E-state index in [0.29, 0.717) is 16.1 Å². The van der Waals surface area contributed by atoms with Gasteiger partial charge in [0.05, 0.1) is 32.6 Å². The summed E-state index contributed by atoms with van der Waals surface area (Å²) in [6.45, 7) is 4.78. The molecule has 1 aliphatic heterocycles. The number of alkyl halides is 1. The summed E-state index contributed by atoms with van der Waals surface area (Å²) < 4.78 is 7.86. The first kappa shape index (κ1) is 15.4. The lowest BCUT2D eigenvalue weighted by atomic mass is 10.0. The van der Waals surface area contributed by atoms with E-state index in [1.165, 1.54) is 0 Å². The van der Waals surface area contributed by atoms with Gasteiger partial charge in [0.1, 0.15) is 5.82 Å². The standard InChI is InChI=1S/C15H17Cl3N2O/c1-8-5-10(3-4-21-8)20-14-7-12(18)11(17)6-13(14)19-15(20)9(2)16/h6-10H,3-5H2,1-2H3. The average molecular weight is 348 g/mol. The summed E-state index contributed by atoms with van der Waals surface area (Å²) in [6.07, 6.45) is 2.14. The van der Waals surface area contributed by atoms with E-state index in [-0.39, 0.29) is 11.5 Å². The van der Waals surface area contributed by atoms with Crippen molar-refractivity contribution in [1.29, 1.82) is 0 Å². The van der Waals surface area contributed by atoms with Crippen LogP contribution in [0.2, 0.25) is 10.0 Å². The lowest BCUT2D eigenvalue weighted by molar-refractivity contribution is 0.00621. The van der Waals surface area contributed by atoms with Crippen LogP contribution in [-0.4, -0.2) is 22.3 Å². The number of halogens is 3. The summed E-state index contributed by atoms with van der Waals surface area (Å²) in [5.41, 5.74) is 1.83. The summed E-state index contributed by atoms with van der Waals surface area (Å²) in [5, 5.41) is 0.884. The molecule has 0 amide bonds. The minimum absolute atomic E-state index is 0.173. The van der Waals surface area contributed by atoms with Crippen LogP contribution in [-0.2, 0) is 4.74 Å². The number of hydrogen-bond acceptors (Lipinski definition) is 2. The van der Waals surface area contributed by atoms with Gasteiger partial charge in [-0.2, -0.15) is 0 Å². The minimum atomic E-state index is -0.173. The maximum Gasteiger partial charge on any atom is 0.127 e. The smallest absolute Gasteiger partial charge is 0.127 e. The van der Waals surface area contributed by atoms with Crippen LogP contribution in [0.1, 0.15) is 43.9 Å². The van der Waals surface area contributed by atoms with Gasteiger partial charge in [0.2, 0.25) is 0 Å². The van der Waals surface area contributed by atoms with Crippen LogP contribution in [0.5, 0.6) is 0 Å². The molecule has 0 N–H and O–H groups in total. The number of nitrogens with zero attached hydrogens (tertiary/aromatic N) is 2. The van der Waals surface area contributed by atoms with E-state index in [1.54, 1.807) is 6.07 Å². The monoisotopic (exact) mass is 346 g/mol. The second kappa shape index (κ2) is 5.96. The SMILES string of the molecule is CC1CC(n2c(C(C)Cl)nc3cc(Cl)c(Cl)cc32)CCO1. The highest BCUT2D eigenvalue weighted by molar-refractivity contribution is 6.42. The van der Waals surface area contributed by atoms with E-state index in [9.17, 15) is 0 Å². The summed E-state index contributed by atoms with van der Waals surface area (Å²) >= 11 is 18.6. The zero-order chi connectivity index (χ0) is 15.1. The highest BCUT2D eigenvalue weighted by Gasteiger charge is 2.26. The first-order valence-corrected chi connectivity index (χ1v) is 8.29. The Labute approximate surface area is 139 Å². The highest BCUT2D eigenvalue weighted by Crippen LogP contribution is 2.36. The third kappa shape index (κ3) is 2.89. The van der Waals surface area contributed by atoms with Gasteiger partial charge in [0.25, 0.3) is 0 Å². The summed E-state index contributed by atoms with van der Waals surface area (Å²) in [5.74, 6) is 0.865. The molecule has 0 bridgehead atoms. The largest absolute Gasteiger partial charge is 0.378 e. The Morgan fingerprint density at radius 1 is 1.33 bits per heavy atom. The highest BCUT2D eigenvalue weighted by atomic mass is 35.5. The summed E-state index contributed by atoms with van der Waals surface area (Å²) in [7, 11) is 0. The molecule has 0 saturated carbocycles. The van der Waals surface area contributed by atoms with Gasteiger partial charge in [-0.15, -0.1) is 11.6 Å². The topological polar surface area (TPSA) is 27.1 Å². The van der Waals surface area contributed by atoms with Crippen LogP contribution in [0.15, 0.2) is 12.1 Å². The number of hydrogen-bond donors (Lipinski definition) is 0. The Bertz CT molecular complexity index is 668. The minimum Gasteiger partial charge on any atom is -0.378 e. The first-order chi connectivity index (χ1) is 9.97. The third-order valence-corrected chi connectivity index (χ3v) is 4.85. The van der Waals surface area contributed by atoms with Crippen molar-refractivity contribution < 1.29 is 4.74 Å². The second-order valence-electron chi connectivity index (χ2n) is 5.57. The lowest BCUT2D eigenvalue weighted by Crippen LogP contribution is -2.26. The zero-order valence-corrected chi connectivity index (χ0v) is 14.2. The Morgan fingerprint density at radius 3 is 2.71 bits per heavy atom. The molecule has 0 radical (unpaired) electrons. The Morgan fingerprint density at radius 2 is 2.05 bits per heavy atom. The van der Waals surface area contributed by atoms with Crippen molar-refractivity contribution >= 4 is 45.8 Å². The molecule has 3 rings (SSSR count). The van der Waals surface area contributed by atoms with Gasteiger partial charge in [-0.3, -0.25) is 0 Å². The molecule has 114 valence electrons. The van der Waals surface area contributed by atoms with E-state index < -0.39 is 0 Å². The molecule has 3 atom stereocenters. The Kier molecular flexibility index (Phi) is 4.37. The molecule has 1 fully saturated rings. The number of aromatic nitrogens is 2. The molecule has 0 spiro atoms. The molecular formula is C15H17Cl3N2O. The lowest BCUT2D eigenvalue weighted by Gasteiger charge is -2.30. The van der Waals surface area contributed by atoms with Gasteiger partial charge in [-0.1, -0.05) is 23.2 Å². The van der Waals surface area contributed by atoms with Crippen LogP contribution >= 0.6 is 34.8 Å². The fourth-order valence-electron chi connectivity index (χ4n) is 2.98. The number of fused-ring (bicyclic) bond motifs is 1. The van der Waals surface area contributed by atoms with E-state index in [2.05, 4.69) is 16.5 Å². The molecule has 6 heteroatoms. The molecule has 1 saturated heterocycles. The fraction of sp³-hybridized carbons (Fsp3) is 0.533. The van der Waals surface area contributed by atoms with Crippen molar-refractivity contribution in [3.05, 3.63) is 28.0 Å². The van der Waals surface area contributed by atoms with Crippen LogP contribution in [0.25, 0.3) is 11.0 Å². The Balaban J connectivity index is 2.17. The quantitative estimate of drug-likeness (QED) is 0.682.